The molecule has 13 heteroatoms. The summed E-state index contributed by atoms with van der Waals surface area (Å²) in [5, 5.41) is 21.4. The molecule has 40 heavy (non-hydrogen) atoms. The molecule has 4 rings (SSSR count). The highest BCUT2D eigenvalue weighted by Crippen LogP contribution is 2.43. The monoisotopic (exact) mass is 559 g/mol. The second-order valence-electron chi connectivity index (χ2n) is 10.9. The minimum absolute atomic E-state index is 0.0545. The molecule has 0 aliphatic heterocycles. The van der Waals surface area contributed by atoms with Gasteiger partial charge >= 0.3 is 12.4 Å². The van der Waals surface area contributed by atoms with Gasteiger partial charge in [0.25, 0.3) is 11.9 Å². The summed E-state index contributed by atoms with van der Waals surface area (Å²) in [6.45, 7) is 6.72. The van der Waals surface area contributed by atoms with Crippen molar-refractivity contribution < 1.29 is 27.5 Å². The first-order valence-corrected chi connectivity index (χ1v) is 13.0. The van der Waals surface area contributed by atoms with Crippen molar-refractivity contribution in [1.29, 1.82) is 0 Å². The smallest absolute Gasteiger partial charge is 0.406 e. The number of rotatable bonds is 7. The van der Waals surface area contributed by atoms with E-state index < -0.39 is 18.3 Å². The molecule has 0 spiro atoms. The Morgan fingerprint density at radius 2 is 1.60 bits per heavy atom. The number of halogens is 3. The van der Waals surface area contributed by atoms with E-state index in [9.17, 15) is 22.8 Å². The molecule has 2 aromatic carbocycles. The number of benzene rings is 2. The van der Waals surface area contributed by atoms with Crippen LogP contribution < -0.4 is 20.7 Å². The number of aromatic nitrogens is 4. The third-order valence-electron chi connectivity index (χ3n) is 7.20. The lowest BCUT2D eigenvalue weighted by molar-refractivity contribution is -0.274. The minimum atomic E-state index is -4.80. The van der Waals surface area contributed by atoms with Crippen molar-refractivity contribution in [2.75, 3.05) is 10.6 Å². The Balaban J connectivity index is 1.47. The van der Waals surface area contributed by atoms with Crippen LogP contribution in [0.1, 0.15) is 68.4 Å². The summed E-state index contributed by atoms with van der Waals surface area (Å²) in [6, 6.07) is 11.0. The second-order valence-corrected chi connectivity index (χ2v) is 10.9. The van der Waals surface area contributed by atoms with Gasteiger partial charge in [-0.3, -0.25) is 10.1 Å². The quantitative estimate of drug-likeness (QED) is 0.278. The van der Waals surface area contributed by atoms with Gasteiger partial charge in [-0.05, 0) is 90.1 Å². The van der Waals surface area contributed by atoms with Crippen molar-refractivity contribution in [2.24, 2.45) is 17.3 Å². The molecule has 1 fully saturated rings. The van der Waals surface area contributed by atoms with Gasteiger partial charge in [0.05, 0.1) is 6.04 Å². The summed E-state index contributed by atoms with van der Waals surface area (Å²) in [5.74, 6) is 0.00549. The predicted octanol–water partition coefficient (Wildman–Crippen LogP) is 6.07. The molecule has 4 N–H and O–H groups in total. The Kier molecular flexibility index (Phi) is 8.60. The van der Waals surface area contributed by atoms with Crippen molar-refractivity contribution in [1.82, 2.24) is 25.9 Å². The van der Waals surface area contributed by atoms with Crippen LogP contribution in [0, 0.1) is 17.3 Å². The number of aromatic amines is 1. The second kappa shape index (κ2) is 11.9. The number of ether oxygens (including phenoxy) is 1. The van der Waals surface area contributed by atoms with E-state index in [1.54, 1.807) is 24.3 Å². The van der Waals surface area contributed by atoms with Crippen LogP contribution in [0.3, 0.4) is 0 Å². The molecule has 1 saturated carbocycles. The van der Waals surface area contributed by atoms with Gasteiger partial charge < -0.3 is 15.4 Å². The standard InChI is InChI=1S/C27H32F3N7O3/c1-26(2,3)19-10-8-17(9-11-19)22(16-4-6-18(7-5-16)23(38)33-24-34-36-37-35-24)32-25(39)31-20-12-14-21(15-13-20)40-27(28,29)30/h4-7,12-15,17,19,22H,8-11H2,1-3H3,(H2,31,32,39)(H2,33,34,35,36,37,38). The fourth-order valence-electron chi connectivity index (χ4n) is 5.07. The van der Waals surface area contributed by atoms with Crippen molar-refractivity contribution >= 4 is 23.6 Å². The summed E-state index contributed by atoms with van der Waals surface area (Å²) >= 11 is 0. The van der Waals surface area contributed by atoms with E-state index in [0.29, 0.717) is 17.2 Å². The number of amides is 3. The molecule has 0 radical (unpaired) electrons. The third kappa shape index (κ3) is 7.93. The maximum Gasteiger partial charge on any atom is 0.573 e. The maximum atomic E-state index is 13.0. The average Bonchev–Trinajstić information content (AvgIpc) is 3.40. The lowest BCUT2D eigenvalue weighted by atomic mass is 9.68. The van der Waals surface area contributed by atoms with Crippen LogP contribution in [0.25, 0.3) is 0 Å². The molecule has 0 bridgehead atoms. The van der Waals surface area contributed by atoms with E-state index >= 15 is 0 Å². The van der Waals surface area contributed by atoms with Gasteiger partial charge in [0, 0.05) is 11.3 Å². The molecule has 3 aromatic rings. The van der Waals surface area contributed by atoms with Crippen molar-refractivity contribution in [3.8, 4) is 5.75 Å². The van der Waals surface area contributed by atoms with Crippen LogP contribution in [0.15, 0.2) is 48.5 Å². The van der Waals surface area contributed by atoms with Crippen LogP contribution >= 0.6 is 0 Å². The van der Waals surface area contributed by atoms with E-state index in [-0.39, 0.29) is 29.1 Å². The lowest BCUT2D eigenvalue weighted by Gasteiger charge is -2.39. The number of hydrogen-bond acceptors (Lipinski definition) is 6. The van der Waals surface area contributed by atoms with Crippen LogP contribution in [-0.2, 0) is 0 Å². The largest absolute Gasteiger partial charge is 0.573 e. The number of nitrogens with zero attached hydrogens (tertiary/aromatic N) is 3. The molecule has 1 unspecified atom stereocenters. The van der Waals surface area contributed by atoms with E-state index in [2.05, 4.69) is 62.1 Å². The fourth-order valence-corrected chi connectivity index (χ4v) is 5.07. The first kappa shape index (κ1) is 28.8. The molecule has 3 amide bonds. The van der Waals surface area contributed by atoms with E-state index in [4.69, 9.17) is 0 Å². The van der Waals surface area contributed by atoms with Gasteiger partial charge in [0.15, 0.2) is 0 Å². The molecule has 1 aromatic heterocycles. The zero-order chi connectivity index (χ0) is 28.9. The van der Waals surface area contributed by atoms with Gasteiger partial charge in [0.1, 0.15) is 5.75 Å². The average molecular weight is 560 g/mol. The molecule has 1 heterocycles. The van der Waals surface area contributed by atoms with Crippen molar-refractivity contribution in [3.63, 3.8) is 0 Å². The van der Waals surface area contributed by atoms with Crippen LogP contribution in [-0.4, -0.2) is 38.9 Å². The van der Waals surface area contributed by atoms with E-state index in [1.807, 2.05) is 0 Å². The third-order valence-corrected chi connectivity index (χ3v) is 7.20. The number of carbonyl (C=O) groups excluding carboxylic acids is 2. The van der Waals surface area contributed by atoms with Gasteiger partial charge in [-0.15, -0.1) is 18.3 Å². The number of urea groups is 1. The number of H-pyrrole nitrogens is 1. The van der Waals surface area contributed by atoms with E-state index in [1.165, 1.54) is 12.1 Å². The Labute approximate surface area is 229 Å². The number of tetrazole rings is 1. The summed E-state index contributed by atoms with van der Waals surface area (Å²) in [7, 11) is 0. The Morgan fingerprint density at radius 1 is 0.950 bits per heavy atom. The fraction of sp³-hybridized carbons (Fsp3) is 0.444. The summed E-state index contributed by atoms with van der Waals surface area (Å²) < 4.78 is 41.2. The molecule has 10 nitrogen and oxygen atoms in total. The number of carbonyl (C=O) groups is 2. The number of hydrogen-bond donors (Lipinski definition) is 4. The first-order chi connectivity index (χ1) is 18.9. The Bertz CT molecular complexity index is 1270. The number of anilines is 2. The Morgan fingerprint density at radius 3 is 2.15 bits per heavy atom. The zero-order valence-corrected chi connectivity index (χ0v) is 22.4. The highest BCUT2D eigenvalue weighted by atomic mass is 19.4. The lowest BCUT2D eigenvalue weighted by Crippen LogP contribution is -2.38. The summed E-state index contributed by atoms with van der Waals surface area (Å²) in [4.78, 5) is 25.5. The number of nitrogens with one attached hydrogen (secondary N) is 4. The highest BCUT2D eigenvalue weighted by molar-refractivity contribution is 6.03. The molecule has 1 aliphatic rings. The normalized spacial score (nSPS) is 18.4. The van der Waals surface area contributed by atoms with E-state index in [0.717, 1.165) is 43.4 Å². The number of alkyl halides is 3. The molecule has 1 atom stereocenters. The van der Waals surface area contributed by atoms with Crippen LogP contribution in [0.2, 0.25) is 0 Å². The molecular weight excluding hydrogens is 527 g/mol. The summed E-state index contributed by atoms with van der Waals surface area (Å²) in [6.07, 6.45) is -0.915. The molecule has 214 valence electrons. The van der Waals surface area contributed by atoms with Crippen LogP contribution in [0.5, 0.6) is 5.75 Å². The SMILES string of the molecule is CC(C)(C)C1CCC(C(NC(=O)Nc2ccc(OC(F)(F)F)cc2)c2ccc(C(=O)Nc3nn[nH]n3)cc2)CC1. The van der Waals surface area contributed by atoms with Crippen molar-refractivity contribution in [2.45, 2.75) is 58.9 Å². The molecule has 0 saturated heterocycles. The van der Waals surface area contributed by atoms with Gasteiger partial charge in [-0.1, -0.05) is 38.0 Å². The van der Waals surface area contributed by atoms with Crippen molar-refractivity contribution in [3.05, 3.63) is 59.7 Å². The van der Waals surface area contributed by atoms with Crippen LogP contribution in [0.4, 0.5) is 29.6 Å². The maximum absolute atomic E-state index is 13.0. The first-order valence-electron chi connectivity index (χ1n) is 13.0. The predicted molar refractivity (Wildman–Crippen MR) is 141 cm³/mol. The molecular formula is C27H32F3N7O3. The highest BCUT2D eigenvalue weighted by Gasteiger charge is 2.34. The Hall–Kier alpha value is -4.16. The molecule has 1 aliphatic carbocycles. The van der Waals surface area contributed by atoms with Gasteiger partial charge in [0.2, 0.25) is 0 Å². The topological polar surface area (TPSA) is 134 Å². The minimum Gasteiger partial charge on any atom is -0.406 e. The zero-order valence-electron chi connectivity index (χ0n) is 22.4. The van der Waals surface area contributed by atoms with Gasteiger partial charge in [-0.25, -0.2) is 4.79 Å². The summed E-state index contributed by atoms with van der Waals surface area (Å²) in [5.41, 5.74) is 1.73. The van der Waals surface area contributed by atoms with Gasteiger partial charge in [-0.2, -0.15) is 5.21 Å².